The van der Waals surface area contributed by atoms with Crippen molar-refractivity contribution in [1.29, 1.82) is 0 Å². The fraction of sp³-hybridized carbons (Fsp3) is 0.455. The van der Waals surface area contributed by atoms with Gasteiger partial charge < -0.3 is 23.7 Å². The van der Waals surface area contributed by atoms with Gasteiger partial charge >= 0.3 is 0 Å². The number of hydrogen-bond donors (Lipinski definition) is 0. The van der Waals surface area contributed by atoms with Gasteiger partial charge in [-0.3, -0.25) is 0 Å². The summed E-state index contributed by atoms with van der Waals surface area (Å²) in [6.45, 7) is 3.00. The number of methoxy groups -OCH3 is 1. The maximum absolute atomic E-state index is 6.43. The lowest BCUT2D eigenvalue weighted by Crippen LogP contribution is -2.64. The Bertz CT molecular complexity index is 722. The molecule has 2 heterocycles. The fourth-order valence-corrected chi connectivity index (χ4v) is 3.72. The molecule has 5 atom stereocenters. The van der Waals surface area contributed by atoms with E-state index in [1.54, 1.807) is 7.11 Å². The summed E-state index contributed by atoms with van der Waals surface area (Å²) in [6, 6.07) is 20.1. The average Bonchev–Trinajstić information content (AvgIpc) is 2.72. The Morgan fingerprint density at radius 2 is 1.74 bits per heavy atom. The van der Waals surface area contributed by atoms with Gasteiger partial charge in [-0.05, 0) is 12.5 Å². The summed E-state index contributed by atoms with van der Waals surface area (Å²) >= 11 is 0. The van der Waals surface area contributed by atoms with Gasteiger partial charge in [0.1, 0.15) is 11.7 Å². The number of rotatable bonds is 5. The van der Waals surface area contributed by atoms with Crippen LogP contribution in [0.3, 0.4) is 0 Å². The molecule has 0 bridgehead atoms. The van der Waals surface area contributed by atoms with Gasteiger partial charge in [0.25, 0.3) is 0 Å². The molecule has 144 valence electrons. The van der Waals surface area contributed by atoms with Crippen LogP contribution in [0, 0.1) is 0 Å². The van der Waals surface area contributed by atoms with E-state index >= 15 is 0 Å². The van der Waals surface area contributed by atoms with E-state index in [1.807, 2.05) is 48.5 Å². The maximum atomic E-state index is 6.43. The molecule has 0 aliphatic carbocycles. The van der Waals surface area contributed by atoms with E-state index in [2.05, 4.69) is 19.1 Å². The summed E-state index contributed by atoms with van der Waals surface area (Å²) in [6.07, 6.45) is -0.576. The first kappa shape index (κ1) is 18.6. The highest BCUT2D eigenvalue weighted by molar-refractivity contribution is 5.17. The van der Waals surface area contributed by atoms with Crippen molar-refractivity contribution in [2.24, 2.45) is 0 Å². The van der Waals surface area contributed by atoms with Crippen LogP contribution in [0.5, 0.6) is 0 Å². The number of hydrogen-bond acceptors (Lipinski definition) is 5. The second-order valence-electron chi connectivity index (χ2n) is 7.19. The van der Waals surface area contributed by atoms with Crippen molar-refractivity contribution in [3.63, 3.8) is 0 Å². The van der Waals surface area contributed by atoms with Crippen LogP contribution in [0.2, 0.25) is 0 Å². The van der Waals surface area contributed by atoms with Crippen LogP contribution in [0.1, 0.15) is 30.8 Å². The van der Waals surface area contributed by atoms with Crippen molar-refractivity contribution in [1.82, 2.24) is 0 Å². The van der Waals surface area contributed by atoms with Gasteiger partial charge in [0.05, 0.1) is 19.3 Å². The Hall–Kier alpha value is -1.76. The van der Waals surface area contributed by atoms with E-state index in [-0.39, 0.29) is 18.5 Å². The quantitative estimate of drug-likeness (QED) is 0.800. The highest BCUT2D eigenvalue weighted by Gasteiger charge is 2.54. The molecule has 5 unspecified atom stereocenters. The SMILES string of the molecule is COC1CC(OCc2ccccc2)C2(C)OC(c3ccccc3)OCC2O1. The summed E-state index contributed by atoms with van der Waals surface area (Å²) in [5.74, 6) is 0. The molecule has 0 aromatic heterocycles. The molecule has 5 heteroatoms. The van der Waals surface area contributed by atoms with Gasteiger partial charge in [-0.15, -0.1) is 0 Å². The Morgan fingerprint density at radius 1 is 1.04 bits per heavy atom. The molecule has 0 saturated carbocycles. The smallest absolute Gasteiger partial charge is 0.184 e. The molecule has 0 N–H and O–H groups in total. The molecule has 4 rings (SSSR count). The Kier molecular flexibility index (Phi) is 5.57. The molecule has 0 amide bonds. The van der Waals surface area contributed by atoms with Crippen molar-refractivity contribution in [3.05, 3.63) is 71.8 Å². The van der Waals surface area contributed by atoms with Gasteiger partial charge in [-0.25, -0.2) is 0 Å². The van der Waals surface area contributed by atoms with E-state index in [0.717, 1.165) is 11.1 Å². The molecule has 0 radical (unpaired) electrons. The lowest BCUT2D eigenvalue weighted by atomic mass is 9.86. The minimum Gasteiger partial charge on any atom is -0.370 e. The molecular weight excluding hydrogens is 344 g/mol. The molecule has 2 aliphatic rings. The average molecular weight is 370 g/mol. The highest BCUT2D eigenvalue weighted by Crippen LogP contribution is 2.42. The molecule has 2 saturated heterocycles. The molecular formula is C22H26O5. The van der Waals surface area contributed by atoms with Crippen LogP contribution in [-0.2, 0) is 30.3 Å². The molecule has 2 aliphatic heterocycles. The van der Waals surface area contributed by atoms with Crippen molar-refractivity contribution in [2.45, 2.75) is 50.3 Å². The zero-order chi connectivity index (χ0) is 18.7. The molecule has 2 fully saturated rings. The van der Waals surface area contributed by atoms with Gasteiger partial charge in [-0.2, -0.15) is 0 Å². The van der Waals surface area contributed by atoms with Gasteiger partial charge in [-0.1, -0.05) is 60.7 Å². The lowest BCUT2D eigenvalue weighted by Gasteiger charge is -2.52. The Labute approximate surface area is 160 Å². The third-order valence-electron chi connectivity index (χ3n) is 5.39. The summed E-state index contributed by atoms with van der Waals surface area (Å²) in [7, 11) is 1.65. The van der Waals surface area contributed by atoms with Crippen LogP contribution >= 0.6 is 0 Å². The highest BCUT2D eigenvalue weighted by atomic mass is 16.8. The third kappa shape index (κ3) is 3.93. The van der Waals surface area contributed by atoms with Crippen LogP contribution < -0.4 is 0 Å². The first-order valence-corrected chi connectivity index (χ1v) is 9.37. The number of benzene rings is 2. The minimum atomic E-state index is -0.622. The topological polar surface area (TPSA) is 46.2 Å². The van der Waals surface area contributed by atoms with Crippen LogP contribution in [0.4, 0.5) is 0 Å². The molecule has 2 aromatic carbocycles. The maximum Gasteiger partial charge on any atom is 0.184 e. The summed E-state index contributed by atoms with van der Waals surface area (Å²) < 4.78 is 30.2. The second-order valence-corrected chi connectivity index (χ2v) is 7.19. The van der Waals surface area contributed by atoms with Gasteiger partial charge in [0.15, 0.2) is 12.6 Å². The van der Waals surface area contributed by atoms with E-state index in [9.17, 15) is 0 Å². The Morgan fingerprint density at radius 3 is 2.44 bits per heavy atom. The zero-order valence-corrected chi connectivity index (χ0v) is 15.7. The summed E-state index contributed by atoms with van der Waals surface area (Å²) in [5.41, 5.74) is 1.50. The Balaban J connectivity index is 1.53. The van der Waals surface area contributed by atoms with E-state index in [4.69, 9.17) is 23.7 Å². The number of fused-ring (bicyclic) bond motifs is 1. The second kappa shape index (κ2) is 8.09. The lowest BCUT2D eigenvalue weighted by molar-refractivity contribution is -0.376. The van der Waals surface area contributed by atoms with E-state index in [1.165, 1.54) is 0 Å². The predicted molar refractivity (Wildman–Crippen MR) is 99.9 cm³/mol. The third-order valence-corrected chi connectivity index (χ3v) is 5.39. The van der Waals surface area contributed by atoms with Crippen LogP contribution in [0.25, 0.3) is 0 Å². The van der Waals surface area contributed by atoms with E-state index in [0.29, 0.717) is 19.6 Å². The van der Waals surface area contributed by atoms with E-state index < -0.39 is 11.9 Å². The van der Waals surface area contributed by atoms with Crippen molar-refractivity contribution >= 4 is 0 Å². The predicted octanol–water partition coefficient (Wildman–Crippen LogP) is 3.84. The fourth-order valence-electron chi connectivity index (χ4n) is 3.72. The first-order chi connectivity index (χ1) is 13.2. The summed E-state index contributed by atoms with van der Waals surface area (Å²) in [5, 5.41) is 0. The summed E-state index contributed by atoms with van der Waals surface area (Å²) in [4.78, 5) is 0. The number of ether oxygens (including phenoxy) is 5. The van der Waals surface area contributed by atoms with Gasteiger partial charge in [0, 0.05) is 19.1 Å². The first-order valence-electron chi connectivity index (χ1n) is 9.37. The normalized spacial score (nSPS) is 33.4. The van der Waals surface area contributed by atoms with Crippen molar-refractivity contribution < 1.29 is 23.7 Å². The monoisotopic (exact) mass is 370 g/mol. The molecule has 5 nitrogen and oxygen atoms in total. The molecule has 0 spiro atoms. The minimum absolute atomic E-state index is 0.170. The van der Waals surface area contributed by atoms with Crippen LogP contribution in [-0.4, -0.2) is 37.8 Å². The van der Waals surface area contributed by atoms with Crippen molar-refractivity contribution in [2.75, 3.05) is 13.7 Å². The molecule has 2 aromatic rings. The van der Waals surface area contributed by atoms with Gasteiger partial charge in [0.2, 0.25) is 0 Å². The van der Waals surface area contributed by atoms with Crippen molar-refractivity contribution in [3.8, 4) is 0 Å². The zero-order valence-electron chi connectivity index (χ0n) is 15.7. The molecule has 27 heavy (non-hydrogen) atoms. The standard InChI is InChI=1S/C22H26O5/c1-22-18(24-14-16-9-5-3-6-10-16)13-20(23-2)26-19(22)15-25-21(27-22)17-11-7-4-8-12-17/h3-12,18-21H,13-15H2,1-2H3. The van der Waals surface area contributed by atoms with Crippen LogP contribution in [0.15, 0.2) is 60.7 Å². The largest absolute Gasteiger partial charge is 0.370 e.